The van der Waals surface area contributed by atoms with Crippen LogP contribution in [0.1, 0.15) is 31.7 Å². The van der Waals surface area contributed by atoms with Gasteiger partial charge in [-0.05, 0) is 31.5 Å². The molecule has 0 saturated carbocycles. The molecule has 34 heavy (non-hydrogen) atoms. The lowest BCUT2D eigenvalue weighted by atomic mass is 9.95. The molecule has 5 rings (SSSR count). The fraction of sp³-hybridized carbons (Fsp3) is 0.333. The summed E-state index contributed by atoms with van der Waals surface area (Å²) in [5.74, 6) is 0.372. The van der Waals surface area contributed by atoms with Gasteiger partial charge in [-0.2, -0.15) is 15.0 Å². The number of benzene rings is 2. The highest BCUT2D eigenvalue weighted by Crippen LogP contribution is 2.29. The van der Waals surface area contributed by atoms with Crippen molar-refractivity contribution in [3.05, 3.63) is 66.0 Å². The second-order valence-electron chi connectivity index (χ2n) is 8.57. The molecule has 10 heteroatoms. The molecule has 1 N–H and O–H groups in total. The van der Waals surface area contributed by atoms with Crippen LogP contribution in [0.3, 0.4) is 0 Å². The standard InChI is InChI=1S/C24H25F2N7O/c1-24(2,16-8-4-3-5-9-16)31-21-28-22(32-12-14-34-15-13-32)30-23(29-21)33-18-11-7-6-10-17(18)27-20(33)19(25)26/h3-11,19H,12-15H2,1-2H3,(H,28,29,30,31). The van der Waals surface area contributed by atoms with Gasteiger partial charge in [-0.25, -0.2) is 13.8 Å². The van der Waals surface area contributed by atoms with Gasteiger partial charge in [0, 0.05) is 13.1 Å². The summed E-state index contributed by atoms with van der Waals surface area (Å²) in [6.07, 6.45) is -2.80. The Labute approximate surface area is 195 Å². The van der Waals surface area contributed by atoms with Gasteiger partial charge in [0.05, 0.1) is 29.8 Å². The molecular weight excluding hydrogens is 440 g/mol. The number of nitrogens with zero attached hydrogens (tertiary/aromatic N) is 6. The summed E-state index contributed by atoms with van der Waals surface area (Å²) in [7, 11) is 0. The Morgan fingerprint density at radius 3 is 2.29 bits per heavy atom. The maximum Gasteiger partial charge on any atom is 0.296 e. The number of imidazole rings is 1. The van der Waals surface area contributed by atoms with Crippen LogP contribution in [-0.2, 0) is 10.3 Å². The van der Waals surface area contributed by atoms with Gasteiger partial charge in [0.1, 0.15) is 0 Å². The topological polar surface area (TPSA) is 81.0 Å². The molecule has 4 aromatic rings. The number of halogens is 2. The van der Waals surface area contributed by atoms with E-state index in [2.05, 4.69) is 25.3 Å². The van der Waals surface area contributed by atoms with Gasteiger partial charge in [-0.3, -0.25) is 4.57 Å². The molecule has 0 bridgehead atoms. The van der Waals surface area contributed by atoms with E-state index in [9.17, 15) is 8.78 Å². The summed E-state index contributed by atoms with van der Waals surface area (Å²) in [6, 6.07) is 16.9. The number of fused-ring (bicyclic) bond motifs is 1. The van der Waals surface area contributed by atoms with Gasteiger partial charge in [0.25, 0.3) is 6.43 Å². The number of anilines is 2. The highest BCUT2D eigenvalue weighted by atomic mass is 19.3. The fourth-order valence-corrected chi connectivity index (χ4v) is 4.02. The molecule has 2 aromatic heterocycles. The smallest absolute Gasteiger partial charge is 0.296 e. The number of alkyl halides is 2. The van der Waals surface area contributed by atoms with Crippen molar-refractivity contribution in [1.82, 2.24) is 24.5 Å². The highest BCUT2D eigenvalue weighted by molar-refractivity contribution is 5.77. The number of nitrogens with one attached hydrogen (secondary N) is 1. The van der Waals surface area contributed by atoms with Crippen LogP contribution in [0.15, 0.2) is 54.6 Å². The average Bonchev–Trinajstić information content (AvgIpc) is 3.25. The van der Waals surface area contributed by atoms with E-state index in [1.54, 1.807) is 24.3 Å². The lowest BCUT2D eigenvalue weighted by Gasteiger charge is -2.29. The molecule has 176 valence electrons. The van der Waals surface area contributed by atoms with Gasteiger partial charge in [-0.15, -0.1) is 0 Å². The van der Waals surface area contributed by atoms with E-state index >= 15 is 0 Å². The first-order valence-corrected chi connectivity index (χ1v) is 11.1. The van der Waals surface area contributed by atoms with Crippen LogP contribution in [-0.4, -0.2) is 50.8 Å². The summed E-state index contributed by atoms with van der Waals surface area (Å²) in [6.45, 7) is 6.29. The monoisotopic (exact) mass is 465 g/mol. The first-order valence-electron chi connectivity index (χ1n) is 11.1. The minimum atomic E-state index is -2.80. The molecular formula is C24H25F2N7O. The first kappa shape index (κ1) is 22.1. The molecule has 0 radical (unpaired) electrons. The lowest BCUT2D eigenvalue weighted by Crippen LogP contribution is -2.38. The predicted octanol–water partition coefficient (Wildman–Crippen LogP) is 4.33. The van der Waals surface area contributed by atoms with E-state index in [4.69, 9.17) is 4.74 Å². The molecule has 0 aliphatic carbocycles. The van der Waals surface area contributed by atoms with Crippen molar-refractivity contribution in [3.63, 3.8) is 0 Å². The summed E-state index contributed by atoms with van der Waals surface area (Å²) in [4.78, 5) is 19.9. The number of ether oxygens (including phenoxy) is 1. The average molecular weight is 466 g/mol. The maximum atomic E-state index is 14.0. The molecule has 1 aliphatic heterocycles. The normalized spacial score (nSPS) is 14.7. The molecule has 1 fully saturated rings. The van der Waals surface area contributed by atoms with Gasteiger partial charge in [0.2, 0.25) is 17.8 Å². The largest absolute Gasteiger partial charge is 0.378 e. The van der Waals surface area contributed by atoms with Crippen LogP contribution < -0.4 is 10.2 Å². The van der Waals surface area contributed by atoms with Crippen molar-refractivity contribution < 1.29 is 13.5 Å². The molecule has 0 spiro atoms. The first-order chi connectivity index (χ1) is 16.4. The lowest BCUT2D eigenvalue weighted by molar-refractivity contribution is 0.122. The number of aromatic nitrogens is 5. The van der Waals surface area contributed by atoms with Crippen LogP contribution in [0.5, 0.6) is 0 Å². The van der Waals surface area contributed by atoms with Crippen LogP contribution in [0, 0.1) is 0 Å². The molecule has 0 amide bonds. The minimum absolute atomic E-state index is 0.0897. The summed E-state index contributed by atoms with van der Waals surface area (Å²) in [5.41, 5.74) is 1.46. The van der Waals surface area contributed by atoms with E-state index < -0.39 is 17.8 Å². The number of hydrogen-bond donors (Lipinski definition) is 1. The number of morpholine rings is 1. The molecule has 0 unspecified atom stereocenters. The Morgan fingerprint density at radius 2 is 1.56 bits per heavy atom. The third-order valence-electron chi connectivity index (χ3n) is 5.81. The zero-order chi connectivity index (χ0) is 23.7. The minimum Gasteiger partial charge on any atom is -0.378 e. The Morgan fingerprint density at radius 1 is 0.882 bits per heavy atom. The molecule has 1 saturated heterocycles. The van der Waals surface area contributed by atoms with E-state index in [1.165, 1.54) is 4.57 Å². The highest BCUT2D eigenvalue weighted by Gasteiger charge is 2.26. The van der Waals surface area contributed by atoms with Crippen molar-refractivity contribution in [2.75, 3.05) is 36.5 Å². The summed E-state index contributed by atoms with van der Waals surface area (Å²) < 4.78 is 34.8. The zero-order valence-electron chi connectivity index (χ0n) is 18.9. The number of para-hydroxylation sites is 2. The molecule has 1 aliphatic rings. The van der Waals surface area contributed by atoms with Crippen LogP contribution >= 0.6 is 0 Å². The second kappa shape index (κ2) is 8.94. The van der Waals surface area contributed by atoms with Crippen molar-refractivity contribution in [3.8, 4) is 5.95 Å². The second-order valence-corrected chi connectivity index (χ2v) is 8.57. The Hall–Kier alpha value is -3.66. The molecule has 8 nitrogen and oxygen atoms in total. The van der Waals surface area contributed by atoms with Gasteiger partial charge >= 0.3 is 0 Å². The molecule has 3 heterocycles. The SMILES string of the molecule is CC(C)(Nc1nc(N2CCOCC2)nc(-n2c(C(F)F)nc3ccccc32)n1)c1ccccc1. The van der Waals surface area contributed by atoms with Crippen LogP contribution in [0.2, 0.25) is 0 Å². The van der Waals surface area contributed by atoms with E-state index in [0.717, 1.165) is 5.56 Å². The Bertz CT molecular complexity index is 1290. The Kier molecular flexibility index (Phi) is 5.82. The van der Waals surface area contributed by atoms with Gasteiger partial charge < -0.3 is 15.0 Å². The summed E-state index contributed by atoms with van der Waals surface area (Å²) >= 11 is 0. The van der Waals surface area contributed by atoms with Gasteiger partial charge in [0.15, 0.2) is 5.82 Å². The van der Waals surface area contributed by atoms with Crippen LogP contribution in [0.4, 0.5) is 20.7 Å². The van der Waals surface area contributed by atoms with E-state index in [-0.39, 0.29) is 5.95 Å². The third kappa shape index (κ3) is 4.28. The fourth-order valence-electron chi connectivity index (χ4n) is 4.02. The quantitative estimate of drug-likeness (QED) is 0.454. The summed E-state index contributed by atoms with van der Waals surface area (Å²) in [5, 5.41) is 3.37. The predicted molar refractivity (Wildman–Crippen MR) is 126 cm³/mol. The maximum absolute atomic E-state index is 14.0. The van der Waals surface area contributed by atoms with Crippen LogP contribution in [0.25, 0.3) is 17.0 Å². The Balaban J connectivity index is 1.65. The zero-order valence-corrected chi connectivity index (χ0v) is 18.9. The van der Waals surface area contributed by atoms with Crippen molar-refractivity contribution in [2.24, 2.45) is 0 Å². The van der Waals surface area contributed by atoms with Crippen molar-refractivity contribution in [2.45, 2.75) is 25.8 Å². The van der Waals surface area contributed by atoms with Gasteiger partial charge in [-0.1, -0.05) is 42.5 Å². The number of rotatable bonds is 6. The third-order valence-corrected chi connectivity index (χ3v) is 5.81. The van der Waals surface area contributed by atoms with E-state index in [0.29, 0.717) is 49.2 Å². The van der Waals surface area contributed by atoms with Crippen molar-refractivity contribution >= 4 is 22.9 Å². The molecule has 0 atom stereocenters. The van der Waals surface area contributed by atoms with Crippen molar-refractivity contribution in [1.29, 1.82) is 0 Å². The molecule has 2 aromatic carbocycles. The van der Waals surface area contributed by atoms with E-state index in [1.807, 2.05) is 49.1 Å². The number of hydrogen-bond acceptors (Lipinski definition) is 7.